The maximum absolute atomic E-state index is 12.9. The number of hydrogen-bond acceptors (Lipinski definition) is 3. The summed E-state index contributed by atoms with van der Waals surface area (Å²) in [7, 11) is -3.48. The maximum atomic E-state index is 12.9. The lowest BCUT2D eigenvalue weighted by Crippen LogP contribution is -2.27. The molecule has 0 fully saturated rings. The second kappa shape index (κ2) is 5.76. The molecule has 0 radical (unpaired) electrons. The molecule has 1 atom stereocenters. The van der Waals surface area contributed by atoms with Crippen LogP contribution in [0, 0.1) is 0 Å². The molecule has 24 heavy (non-hydrogen) atoms. The van der Waals surface area contributed by atoms with Crippen LogP contribution in [0.15, 0.2) is 58.3 Å². The van der Waals surface area contributed by atoms with Gasteiger partial charge in [0.2, 0.25) is 9.84 Å². The highest BCUT2D eigenvalue weighted by Gasteiger charge is 2.21. The summed E-state index contributed by atoms with van der Waals surface area (Å²) < 4.78 is 25.7. The second-order valence-corrected chi connectivity index (χ2v) is 8.36. The topological polar surface area (TPSA) is 62.0 Å². The summed E-state index contributed by atoms with van der Waals surface area (Å²) in [4.78, 5) is 4.16. The second-order valence-electron chi connectivity index (χ2n) is 6.42. The van der Waals surface area contributed by atoms with Gasteiger partial charge >= 0.3 is 0 Å². The molecule has 0 amide bonds. The lowest BCUT2D eigenvalue weighted by atomic mass is 10.1. The van der Waals surface area contributed by atoms with Gasteiger partial charge in [-0.05, 0) is 55.8 Å². The van der Waals surface area contributed by atoms with E-state index in [1.165, 1.54) is 11.3 Å². The molecule has 0 spiro atoms. The largest absolute Gasteiger partial charge is 0.358 e. The Morgan fingerprint density at radius 3 is 2.62 bits per heavy atom. The van der Waals surface area contributed by atoms with E-state index in [4.69, 9.17) is 0 Å². The highest BCUT2D eigenvalue weighted by atomic mass is 32.2. The molecule has 124 valence electrons. The molecule has 0 saturated heterocycles. The van der Waals surface area contributed by atoms with Gasteiger partial charge in [-0.3, -0.25) is 0 Å². The summed E-state index contributed by atoms with van der Waals surface area (Å²) >= 11 is 0. The van der Waals surface area contributed by atoms with Gasteiger partial charge in [-0.25, -0.2) is 8.42 Å². The van der Waals surface area contributed by atoms with Crippen molar-refractivity contribution in [1.82, 2.24) is 10.3 Å². The molecule has 2 heterocycles. The van der Waals surface area contributed by atoms with Gasteiger partial charge in [-0.2, -0.15) is 0 Å². The number of nitrogens with one attached hydrogen (secondary N) is 2. The molecule has 4 nitrogen and oxygen atoms in total. The molecule has 1 aliphatic rings. The van der Waals surface area contributed by atoms with E-state index in [2.05, 4.69) is 17.2 Å². The van der Waals surface area contributed by atoms with E-state index >= 15 is 0 Å². The van der Waals surface area contributed by atoms with E-state index in [-0.39, 0.29) is 0 Å². The van der Waals surface area contributed by atoms with E-state index in [0.29, 0.717) is 15.8 Å². The fourth-order valence-electron chi connectivity index (χ4n) is 3.47. The molecule has 0 aliphatic carbocycles. The maximum Gasteiger partial charge on any atom is 0.206 e. The Morgan fingerprint density at radius 1 is 1.04 bits per heavy atom. The SMILES string of the molecule is CC1Cc2[nH]c3ccc(S(=O)(=O)c4ccccc4)cc3c2CCN1. The quantitative estimate of drug-likeness (QED) is 0.754. The van der Waals surface area contributed by atoms with Crippen LogP contribution >= 0.6 is 0 Å². The molecule has 0 saturated carbocycles. The van der Waals surface area contributed by atoms with E-state index in [0.717, 1.165) is 30.3 Å². The summed E-state index contributed by atoms with van der Waals surface area (Å²) in [5.41, 5.74) is 3.48. The molecule has 3 aromatic rings. The van der Waals surface area contributed by atoms with Crippen molar-refractivity contribution in [1.29, 1.82) is 0 Å². The summed E-state index contributed by atoms with van der Waals surface area (Å²) in [5, 5.41) is 4.50. The van der Waals surface area contributed by atoms with Crippen molar-refractivity contribution >= 4 is 20.7 Å². The summed E-state index contributed by atoms with van der Waals surface area (Å²) in [6.45, 7) is 3.09. The van der Waals surface area contributed by atoms with Gasteiger partial charge in [-0.15, -0.1) is 0 Å². The molecule has 1 aliphatic heterocycles. The Morgan fingerprint density at radius 2 is 1.83 bits per heavy atom. The average Bonchev–Trinajstić information content (AvgIpc) is 2.81. The fraction of sp³-hybridized carbons (Fsp3) is 0.263. The van der Waals surface area contributed by atoms with Crippen LogP contribution in [0.4, 0.5) is 0 Å². The van der Waals surface area contributed by atoms with Crippen molar-refractivity contribution in [2.75, 3.05) is 6.54 Å². The third-order valence-corrected chi connectivity index (χ3v) is 6.48. The Kier molecular flexibility index (Phi) is 3.70. The Labute approximate surface area is 141 Å². The molecule has 1 aromatic heterocycles. The number of aromatic nitrogens is 1. The van der Waals surface area contributed by atoms with Gasteiger partial charge in [0, 0.05) is 29.1 Å². The zero-order chi connectivity index (χ0) is 16.7. The minimum absolute atomic E-state index is 0.335. The first kappa shape index (κ1) is 15.4. The number of fused-ring (bicyclic) bond motifs is 3. The zero-order valence-corrected chi connectivity index (χ0v) is 14.4. The smallest absolute Gasteiger partial charge is 0.206 e. The van der Waals surface area contributed by atoms with Crippen molar-refractivity contribution in [3.05, 3.63) is 59.8 Å². The Bertz CT molecular complexity index is 991. The van der Waals surface area contributed by atoms with Crippen LogP contribution in [0.5, 0.6) is 0 Å². The van der Waals surface area contributed by atoms with Crippen molar-refractivity contribution in [2.45, 2.75) is 35.6 Å². The van der Waals surface area contributed by atoms with Crippen LogP contribution in [0.2, 0.25) is 0 Å². The summed E-state index contributed by atoms with van der Waals surface area (Å²) in [5.74, 6) is 0. The van der Waals surface area contributed by atoms with Gasteiger partial charge in [-0.1, -0.05) is 18.2 Å². The number of sulfone groups is 1. The van der Waals surface area contributed by atoms with E-state index in [1.807, 2.05) is 18.2 Å². The lowest BCUT2D eigenvalue weighted by molar-refractivity contribution is 0.564. The molecule has 2 aromatic carbocycles. The van der Waals surface area contributed by atoms with E-state index in [9.17, 15) is 8.42 Å². The molecule has 0 bridgehead atoms. The van der Waals surface area contributed by atoms with Crippen LogP contribution in [-0.2, 0) is 22.7 Å². The predicted molar refractivity (Wildman–Crippen MR) is 95.1 cm³/mol. The average molecular weight is 340 g/mol. The lowest BCUT2D eigenvalue weighted by Gasteiger charge is -2.08. The Balaban J connectivity index is 1.86. The van der Waals surface area contributed by atoms with Gasteiger partial charge in [0.15, 0.2) is 0 Å². The van der Waals surface area contributed by atoms with E-state index < -0.39 is 9.84 Å². The first-order valence-electron chi connectivity index (χ1n) is 8.23. The third kappa shape index (κ3) is 2.54. The van der Waals surface area contributed by atoms with Crippen LogP contribution in [0.3, 0.4) is 0 Å². The standard InChI is InChI=1S/C19H20N2O2S/c1-13-11-19-16(9-10-20-13)17-12-15(7-8-18(17)21-19)24(22,23)14-5-3-2-4-6-14/h2-8,12-13,20-21H,9-11H2,1H3. The molecule has 5 heteroatoms. The van der Waals surface area contributed by atoms with Crippen molar-refractivity contribution in [3.8, 4) is 0 Å². The number of rotatable bonds is 2. The zero-order valence-electron chi connectivity index (χ0n) is 13.5. The van der Waals surface area contributed by atoms with Crippen molar-refractivity contribution in [2.24, 2.45) is 0 Å². The van der Waals surface area contributed by atoms with Crippen molar-refractivity contribution in [3.63, 3.8) is 0 Å². The number of hydrogen-bond donors (Lipinski definition) is 2. The Hall–Kier alpha value is -2.11. The number of H-pyrrole nitrogens is 1. The van der Waals surface area contributed by atoms with Crippen LogP contribution in [0.25, 0.3) is 10.9 Å². The van der Waals surface area contributed by atoms with Crippen LogP contribution in [0.1, 0.15) is 18.2 Å². The number of benzene rings is 2. The van der Waals surface area contributed by atoms with Crippen LogP contribution in [-0.4, -0.2) is 26.0 Å². The first-order valence-corrected chi connectivity index (χ1v) is 9.71. The molecular formula is C19H20N2O2S. The molecule has 2 N–H and O–H groups in total. The highest BCUT2D eigenvalue weighted by Crippen LogP contribution is 2.30. The summed E-state index contributed by atoms with van der Waals surface area (Å²) in [6.07, 6.45) is 1.85. The third-order valence-electron chi connectivity index (χ3n) is 4.71. The minimum Gasteiger partial charge on any atom is -0.358 e. The van der Waals surface area contributed by atoms with Crippen molar-refractivity contribution < 1.29 is 8.42 Å². The number of aromatic amines is 1. The van der Waals surface area contributed by atoms with Gasteiger partial charge < -0.3 is 10.3 Å². The van der Waals surface area contributed by atoms with Gasteiger partial charge in [0.1, 0.15) is 0 Å². The fourth-order valence-corrected chi connectivity index (χ4v) is 4.78. The minimum atomic E-state index is -3.48. The summed E-state index contributed by atoms with van der Waals surface area (Å²) in [6, 6.07) is 14.4. The molecule has 1 unspecified atom stereocenters. The predicted octanol–water partition coefficient (Wildman–Crippen LogP) is 3.08. The van der Waals surface area contributed by atoms with Crippen LogP contribution < -0.4 is 5.32 Å². The normalized spacial score (nSPS) is 18.3. The van der Waals surface area contributed by atoms with Gasteiger partial charge in [0.05, 0.1) is 9.79 Å². The van der Waals surface area contributed by atoms with E-state index in [1.54, 1.807) is 30.3 Å². The molecular weight excluding hydrogens is 320 g/mol. The first-order chi connectivity index (χ1) is 11.6. The van der Waals surface area contributed by atoms with Gasteiger partial charge in [0.25, 0.3) is 0 Å². The highest BCUT2D eigenvalue weighted by molar-refractivity contribution is 7.91. The monoisotopic (exact) mass is 340 g/mol. The molecule has 4 rings (SSSR count).